The quantitative estimate of drug-likeness (QED) is 0.527. The van der Waals surface area contributed by atoms with Gasteiger partial charge in [-0.25, -0.2) is 13.2 Å². The van der Waals surface area contributed by atoms with Crippen molar-refractivity contribution in [1.82, 2.24) is 0 Å². The topological polar surface area (TPSA) is 20.2 Å². The van der Waals surface area contributed by atoms with Gasteiger partial charge in [0.05, 0.1) is 6.10 Å². The summed E-state index contributed by atoms with van der Waals surface area (Å²) >= 11 is 0. The Labute approximate surface area is 157 Å². The molecule has 2 fully saturated rings. The number of benzene rings is 1. The minimum atomic E-state index is -1.37. The van der Waals surface area contributed by atoms with Crippen molar-refractivity contribution in [3.8, 4) is 0 Å². The fourth-order valence-electron chi connectivity index (χ4n) is 3.65. The molecule has 0 aliphatic heterocycles. The molecule has 150 valence electrons. The molecule has 0 bridgehead atoms. The molecular formula is C22H35F3O. The van der Waals surface area contributed by atoms with Crippen molar-refractivity contribution in [1.29, 1.82) is 0 Å². The molecular weight excluding hydrogens is 337 g/mol. The first-order valence-electron chi connectivity index (χ1n) is 10.2. The summed E-state index contributed by atoms with van der Waals surface area (Å²) < 4.78 is 38.9. The summed E-state index contributed by atoms with van der Waals surface area (Å²) in [7, 11) is 0. The average molecular weight is 373 g/mol. The predicted octanol–water partition coefficient (Wildman–Crippen LogP) is 6.98. The SMILES string of the molecule is CC.CC1CCC(O)CC1.CC1CCC(c2cc(F)c(F)c(F)c2)CC1. The van der Waals surface area contributed by atoms with Crippen molar-refractivity contribution >= 4 is 0 Å². The molecule has 2 saturated carbocycles. The molecule has 0 unspecified atom stereocenters. The molecule has 0 saturated heterocycles. The zero-order valence-corrected chi connectivity index (χ0v) is 16.7. The van der Waals surface area contributed by atoms with Gasteiger partial charge in [0.25, 0.3) is 0 Å². The van der Waals surface area contributed by atoms with Gasteiger partial charge in [-0.15, -0.1) is 0 Å². The van der Waals surface area contributed by atoms with E-state index in [1.54, 1.807) is 0 Å². The molecule has 0 spiro atoms. The van der Waals surface area contributed by atoms with Crippen molar-refractivity contribution in [3.63, 3.8) is 0 Å². The van der Waals surface area contributed by atoms with E-state index in [1.807, 2.05) is 13.8 Å². The molecule has 26 heavy (non-hydrogen) atoms. The Morgan fingerprint density at radius 2 is 1.12 bits per heavy atom. The van der Waals surface area contributed by atoms with E-state index in [4.69, 9.17) is 5.11 Å². The van der Waals surface area contributed by atoms with Gasteiger partial charge in [-0.3, -0.25) is 0 Å². The molecule has 0 radical (unpaired) electrons. The highest BCUT2D eigenvalue weighted by molar-refractivity contribution is 5.23. The van der Waals surface area contributed by atoms with Crippen molar-refractivity contribution in [2.75, 3.05) is 0 Å². The lowest BCUT2D eigenvalue weighted by Crippen LogP contribution is -2.15. The average Bonchev–Trinajstić information content (AvgIpc) is 2.64. The Morgan fingerprint density at radius 3 is 1.50 bits per heavy atom. The number of hydrogen-bond acceptors (Lipinski definition) is 1. The summed E-state index contributed by atoms with van der Waals surface area (Å²) in [5, 5.41) is 9.03. The zero-order chi connectivity index (χ0) is 19.7. The molecule has 0 atom stereocenters. The molecule has 3 rings (SSSR count). The molecule has 1 aromatic carbocycles. The zero-order valence-electron chi connectivity index (χ0n) is 16.7. The van der Waals surface area contributed by atoms with Gasteiger partial charge < -0.3 is 5.11 Å². The highest BCUT2D eigenvalue weighted by Gasteiger charge is 2.22. The predicted molar refractivity (Wildman–Crippen MR) is 102 cm³/mol. The lowest BCUT2D eigenvalue weighted by Gasteiger charge is -2.26. The molecule has 0 amide bonds. The van der Waals surface area contributed by atoms with Gasteiger partial charge in [0.2, 0.25) is 0 Å². The van der Waals surface area contributed by atoms with Gasteiger partial charge in [-0.05, 0) is 74.0 Å². The first-order chi connectivity index (χ1) is 12.4. The molecule has 2 aliphatic carbocycles. The summed E-state index contributed by atoms with van der Waals surface area (Å²) in [6, 6.07) is 2.28. The van der Waals surface area contributed by atoms with Crippen LogP contribution in [0.3, 0.4) is 0 Å². The number of hydrogen-bond donors (Lipinski definition) is 1. The van der Waals surface area contributed by atoms with E-state index in [-0.39, 0.29) is 12.0 Å². The minimum absolute atomic E-state index is 0.0196. The Bertz CT molecular complexity index is 483. The van der Waals surface area contributed by atoms with Crippen LogP contribution in [0.4, 0.5) is 13.2 Å². The monoisotopic (exact) mass is 372 g/mol. The second-order valence-electron chi connectivity index (χ2n) is 7.67. The van der Waals surface area contributed by atoms with Crippen molar-refractivity contribution < 1.29 is 18.3 Å². The van der Waals surface area contributed by atoms with Gasteiger partial charge in [0.15, 0.2) is 17.5 Å². The summed E-state index contributed by atoms with van der Waals surface area (Å²) in [6.45, 7) is 8.44. The van der Waals surface area contributed by atoms with Crippen LogP contribution in [0.25, 0.3) is 0 Å². The van der Waals surface area contributed by atoms with E-state index in [9.17, 15) is 13.2 Å². The molecule has 4 heteroatoms. The van der Waals surface area contributed by atoms with Gasteiger partial charge in [-0.1, -0.05) is 40.5 Å². The minimum Gasteiger partial charge on any atom is -0.393 e. The maximum Gasteiger partial charge on any atom is 0.194 e. The van der Waals surface area contributed by atoms with Gasteiger partial charge >= 0.3 is 0 Å². The fourth-order valence-corrected chi connectivity index (χ4v) is 3.65. The Balaban J connectivity index is 0.000000284. The Hall–Kier alpha value is -1.03. The number of aliphatic hydroxyl groups excluding tert-OH is 1. The first-order valence-corrected chi connectivity index (χ1v) is 10.2. The molecule has 1 aromatic rings. The second-order valence-corrected chi connectivity index (χ2v) is 7.67. The maximum atomic E-state index is 13.1. The number of aliphatic hydroxyl groups is 1. The Kier molecular flexibility index (Phi) is 10.3. The summed E-state index contributed by atoms with van der Waals surface area (Å²) in [5.41, 5.74) is 0.600. The van der Waals surface area contributed by atoms with Gasteiger partial charge in [0, 0.05) is 0 Å². The standard InChI is InChI=1S/C13H15F3.C7H14O.C2H6/c1-8-2-4-9(5-3-8)10-6-11(14)13(16)12(15)7-10;1-6-2-4-7(8)5-3-6;1-2/h6-9H,2-5H2,1H3;6-8H,2-5H2,1H3;1-2H3. The summed E-state index contributed by atoms with van der Waals surface area (Å²) in [5.74, 6) is -1.79. The van der Waals surface area contributed by atoms with Crippen LogP contribution in [0, 0.1) is 29.3 Å². The third kappa shape index (κ3) is 7.30. The van der Waals surface area contributed by atoms with Gasteiger partial charge in [-0.2, -0.15) is 0 Å². The number of rotatable bonds is 1. The van der Waals surface area contributed by atoms with Crippen molar-refractivity contribution in [3.05, 3.63) is 35.1 Å². The van der Waals surface area contributed by atoms with Crippen molar-refractivity contribution in [2.24, 2.45) is 11.8 Å². The van der Waals surface area contributed by atoms with Crippen LogP contribution in [0.1, 0.15) is 90.5 Å². The van der Waals surface area contributed by atoms with E-state index < -0.39 is 17.5 Å². The normalized spacial score (nSPS) is 28.3. The lowest BCUT2D eigenvalue weighted by atomic mass is 9.79. The third-order valence-corrected chi connectivity index (χ3v) is 5.48. The molecule has 0 aromatic heterocycles. The van der Waals surface area contributed by atoms with Gasteiger partial charge in [0.1, 0.15) is 0 Å². The van der Waals surface area contributed by atoms with Crippen LogP contribution in [-0.2, 0) is 0 Å². The maximum absolute atomic E-state index is 13.1. The second kappa shape index (κ2) is 11.6. The van der Waals surface area contributed by atoms with E-state index in [2.05, 4.69) is 13.8 Å². The molecule has 1 N–H and O–H groups in total. The van der Waals surface area contributed by atoms with Crippen molar-refractivity contribution in [2.45, 2.75) is 91.1 Å². The third-order valence-electron chi connectivity index (χ3n) is 5.48. The first kappa shape index (κ1) is 23.0. The lowest BCUT2D eigenvalue weighted by molar-refractivity contribution is 0.112. The summed E-state index contributed by atoms with van der Waals surface area (Å²) in [6.07, 6.45) is 8.55. The van der Waals surface area contributed by atoms with Crippen LogP contribution in [0.5, 0.6) is 0 Å². The molecule has 0 heterocycles. The fraction of sp³-hybridized carbons (Fsp3) is 0.727. The van der Waals surface area contributed by atoms with E-state index in [0.29, 0.717) is 11.5 Å². The molecule has 2 aliphatic rings. The van der Waals surface area contributed by atoms with E-state index >= 15 is 0 Å². The van der Waals surface area contributed by atoms with Crippen LogP contribution in [0.2, 0.25) is 0 Å². The number of halogens is 3. The Morgan fingerprint density at radius 1 is 0.731 bits per heavy atom. The molecule has 1 nitrogen and oxygen atoms in total. The summed E-state index contributed by atoms with van der Waals surface area (Å²) in [4.78, 5) is 0. The van der Waals surface area contributed by atoms with Crippen LogP contribution in [-0.4, -0.2) is 11.2 Å². The van der Waals surface area contributed by atoms with E-state index in [1.165, 1.54) is 12.8 Å². The smallest absolute Gasteiger partial charge is 0.194 e. The largest absolute Gasteiger partial charge is 0.393 e. The van der Waals surface area contributed by atoms with E-state index in [0.717, 1.165) is 56.6 Å². The van der Waals surface area contributed by atoms with Crippen LogP contribution >= 0.6 is 0 Å². The van der Waals surface area contributed by atoms with Crippen LogP contribution in [0.15, 0.2) is 12.1 Å². The highest BCUT2D eigenvalue weighted by atomic mass is 19.2. The van der Waals surface area contributed by atoms with Crippen LogP contribution < -0.4 is 0 Å². The highest BCUT2D eigenvalue weighted by Crippen LogP contribution is 2.36.